The van der Waals surface area contributed by atoms with E-state index in [-0.39, 0.29) is 19.1 Å². The summed E-state index contributed by atoms with van der Waals surface area (Å²) in [5, 5.41) is 19.0. The average molecular weight is 258 g/mol. The molecule has 0 aromatic rings. The Kier molecular flexibility index (Phi) is 12.3. The van der Waals surface area contributed by atoms with Gasteiger partial charge >= 0.3 is 0 Å². The van der Waals surface area contributed by atoms with Crippen LogP contribution in [-0.4, -0.2) is 41.8 Å². The molecule has 0 unspecified atom stereocenters. The first-order valence-corrected chi connectivity index (χ1v) is 5.48. The molecular formula is C12H22N2O4. The molecule has 0 bridgehead atoms. The Morgan fingerprint density at radius 1 is 1.28 bits per heavy atom. The van der Waals surface area contributed by atoms with Gasteiger partial charge in [0, 0.05) is 24.3 Å². The van der Waals surface area contributed by atoms with Gasteiger partial charge in [-0.1, -0.05) is 12.7 Å². The minimum atomic E-state index is -0.427. The van der Waals surface area contributed by atoms with Crippen LogP contribution in [0.4, 0.5) is 0 Å². The molecule has 0 aliphatic heterocycles. The minimum Gasteiger partial charge on any atom is -0.396 e. The minimum absolute atomic E-state index is 0.0288. The van der Waals surface area contributed by atoms with E-state index in [9.17, 15) is 9.59 Å². The monoisotopic (exact) mass is 258 g/mol. The van der Waals surface area contributed by atoms with Crippen LogP contribution in [0.5, 0.6) is 0 Å². The molecule has 0 rings (SSSR count). The molecular weight excluding hydrogens is 236 g/mol. The number of rotatable bonds is 6. The van der Waals surface area contributed by atoms with Gasteiger partial charge in [0.05, 0.1) is 6.61 Å². The van der Waals surface area contributed by atoms with E-state index in [0.717, 1.165) is 0 Å². The Bertz CT molecular complexity index is 311. The highest BCUT2D eigenvalue weighted by Crippen LogP contribution is 1.91. The summed E-state index contributed by atoms with van der Waals surface area (Å²) in [6, 6.07) is 0. The Morgan fingerprint density at radius 2 is 1.83 bits per heavy atom. The zero-order chi connectivity index (χ0) is 14.6. The van der Waals surface area contributed by atoms with Crippen molar-refractivity contribution >= 4 is 11.8 Å². The Morgan fingerprint density at radius 3 is 2.17 bits per heavy atom. The lowest BCUT2D eigenvalue weighted by atomic mass is 10.2. The molecule has 0 aromatic heterocycles. The molecule has 0 saturated carbocycles. The Hall–Kier alpha value is -1.66. The van der Waals surface area contributed by atoms with Gasteiger partial charge in [-0.2, -0.15) is 0 Å². The van der Waals surface area contributed by atoms with E-state index >= 15 is 0 Å². The van der Waals surface area contributed by atoms with Crippen molar-refractivity contribution in [2.45, 2.75) is 20.3 Å². The normalized spacial score (nSPS) is 10.1. The fourth-order valence-corrected chi connectivity index (χ4v) is 0.702. The van der Waals surface area contributed by atoms with Crippen molar-refractivity contribution in [2.24, 2.45) is 5.73 Å². The highest BCUT2D eigenvalue weighted by Gasteiger charge is 1.97. The first-order chi connectivity index (χ1) is 8.36. The second-order valence-corrected chi connectivity index (χ2v) is 3.52. The van der Waals surface area contributed by atoms with Crippen LogP contribution in [0.1, 0.15) is 20.3 Å². The van der Waals surface area contributed by atoms with E-state index in [1.165, 1.54) is 0 Å². The van der Waals surface area contributed by atoms with Gasteiger partial charge in [0.15, 0.2) is 0 Å². The van der Waals surface area contributed by atoms with Gasteiger partial charge in [0.25, 0.3) is 0 Å². The van der Waals surface area contributed by atoms with Crippen molar-refractivity contribution < 1.29 is 19.8 Å². The second kappa shape index (κ2) is 11.8. The fraction of sp³-hybridized carbons (Fsp3) is 0.500. The van der Waals surface area contributed by atoms with Crippen LogP contribution >= 0.6 is 0 Å². The van der Waals surface area contributed by atoms with Crippen molar-refractivity contribution in [3.05, 3.63) is 23.8 Å². The molecule has 0 spiro atoms. The molecule has 0 atom stereocenters. The summed E-state index contributed by atoms with van der Waals surface area (Å²) in [5.41, 5.74) is 5.85. The molecule has 0 radical (unpaired) electrons. The summed E-state index contributed by atoms with van der Waals surface area (Å²) in [6.07, 6.45) is 2.11. The summed E-state index contributed by atoms with van der Waals surface area (Å²) < 4.78 is 0. The third-order valence-electron chi connectivity index (χ3n) is 1.75. The van der Waals surface area contributed by atoms with Crippen LogP contribution in [0.3, 0.4) is 0 Å². The van der Waals surface area contributed by atoms with Crippen molar-refractivity contribution in [2.75, 3.05) is 19.8 Å². The topological polar surface area (TPSA) is 113 Å². The molecule has 6 nitrogen and oxygen atoms in total. The lowest BCUT2D eigenvalue weighted by Crippen LogP contribution is -2.26. The van der Waals surface area contributed by atoms with Gasteiger partial charge in [-0.15, -0.1) is 0 Å². The number of hydrogen-bond acceptors (Lipinski definition) is 4. The number of aliphatic hydroxyl groups excluding tert-OH is 2. The van der Waals surface area contributed by atoms with Gasteiger partial charge in [-0.05, 0) is 20.3 Å². The van der Waals surface area contributed by atoms with Crippen LogP contribution in [-0.2, 0) is 9.59 Å². The smallest absolute Gasteiger partial charge is 0.246 e. The molecule has 0 fully saturated rings. The molecule has 104 valence electrons. The predicted molar refractivity (Wildman–Crippen MR) is 69.6 cm³/mol. The van der Waals surface area contributed by atoms with E-state index in [0.29, 0.717) is 24.1 Å². The standard InChI is InChI=1S/2C6H11NO2/c1-5(2)6(9)7-3-4-8;1-5(6(7)9)3-2-4-8/h8H,1,3-4H2,2H3,(H,7,9);3,8H,2,4H2,1H3,(H2,7,9). The zero-order valence-corrected chi connectivity index (χ0v) is 10.9. The predicted octanol–water partition coefficient (Wildman–Crippen LogP) is -0.529. The first-order valence-electron chi connectivity index (χ1n) is 5.48. The third kappa shape index (κ3) is 12.4. The Balaban J connectivity index is 0. The van der Waals surface area contributed by atoms with Gasteiger partial charge in [0.1, 0.15) is 0 Å². The van der Waals surface area contributed by atoms with Crippen LogP contribution in [0.15, 0.2) is 23.8 Å². The van der Waals surface area contributed by atoms with Crippen molar-refractivity contribution in [1.29, 1.82) is 0 Å². The van der Waals surface area contributed by atoms with Crippen LogP contribution in [0, 0.1) is 0 Å². The summed E-state index contributed by atoms with van der Waals surface area (Å²) in [4.78, 5) is 20.9. The number of primary amides is 1. The lowest BCUT2D eigenvalue weighted by molar-refractivity contribution is -0.117. The molecule has 0 saturated heterocycles. The number of nitrogens with two attached hydrogens (primary N) is 1. The van der Waals surface area contributed by atoms with Gasteiger partial charge in [-0.25, -0.2) is 0 Å². The van der Waals surface area contributed by atoms with E-state index in [1.54, 1.807) is 19.9 Å². The van der Waals surface area contributed by atoms with Crippen LogP contribution in [0.2, 0.25) is 0 Å². The van der Waals surface area contributed by atoms with Crippen LogP contribution in [0.25, 0.3) is 0 Å². The number of carbonyl (C=O) groups is 2. The second-order valence-electron chi connectivity index (χ2n) is 3.52. The third-order valence-corrected chi connectivity index (χ3v) is 1.75. The SMILES string of the molecule is C=C(C)C(=O)NCCO.CC(=CCCO)C(N)=O. The summed E-state index contributed by atoms with van der Waals surface area (Å²) in [5.74, 6) is -0.632. The highest BCUT2D eigenvalue weighted by atomic mass is 16.3. The van der Waals surface area contributed by atoms with Crippen molar-refractivity contribution in [1.82, 2.24) is 5.32 Å². The molecule has 0 aliphatic carbocycles. The maximum Gasteiger partial charge on any atom is 0.246 e. The van der Waals surface area contributed by atoms with Crippen molar-refractivity contribution in [3.8, 4) is 0 Å². The molecule has 5 N–H and O–H groups in total. The fourth-order valence-electron chi connectivity index (χ4n) is 0.702. The van der Waals surface area contributed by atoms with Gasteiger partial charge < -0.3 is 21.3 Å². The van der Waals surface area contributed by atoms with E-state index in [1.807, 2.05) is 0 Å². The molecule has 2 amide bonds. The largest absolute Gasteiger partial charge is 0.396 e. The van der Waals surface area contributed by atoms with Crippen molar-refractivity contribution in [3.63, 3.8) is 0 Å². The lowest BCUT2D eigenvalue weighted by Gasteiger charge is -1.99. The zero-order valence-electron chi connectivity index (χ0n) is 10.9. The van der Waals surface area contributed by atoms with Gasteiger partial charge in [-0.3, -0.25) is 9.59 Å². The summed E-state index contributed by atoms with van der Waals surface area (Å²) in [7, 11) is 0. The molecule has 0 aliphatic rings. The number of hydrogen-bond donors (Lipinski definition) is 4. The first kappa shape index (κ1) is 18.7. The molecule has 0 aromatic carbocycles. The quantitative estimate of drug-likeness (QED) is 0.480. The number of nitrogens with one attached hydrogen (secondary N) is 1. The number of aliphatic hydroxyl groups is 2. The number of amides is 2. The maximum absolute atomic E-state index is 10.6. The highest BCUT2D eigenvalue weighted by molar-refractivity contribution is 5.92. The maximum atomic E-state index is 10.6. The molecule has 18 heavy (non-hydrogen) atoms. The molecule has 6 heteroatoms. The Labute approximate surface area is 107 Å². The van der Waals surface area contributed by atoms with Gasteiger partial charge in [0.2, 0.25) is 11.8 Å². The van der Waals surface area contributed by atoms with E-state index in [2.05, 4.69) is 11.9 Å². The average Bonchev–Trinajstić information content (AvgIpc) is 2.33. The molecule has 0 heterocycles. The van der Waals surface area contributed by atoms with Crippen LogP contribution < -0.4 is 11.1 Å². The summed E-state index contributed by atoms with van der Waals surface area (Å²) in [6.45, 7) is 6.98. The number of carbonyl (C=O) groups excluding carboxylic acids is 2. The summed E-state index contributed by atoms with van der Waals surface area (Å²) >= 11 is 0. The van der Waals surface area contributed by atoms with E-state index in [4.69, 9.17) is 15.9 Å². The van der Waals surface area contributed by atoms with E-state index < -0.39 is 5.91 Å².